The fraction of sp³-hybridized carbons (Fsp3) is 0.143. The number of hydrazone groups is 1. The Morgan fingerprint density at radius 3 is 2.91 bits per heavy atom. The van der Waals surface area contributed by atoms with Crippen LogP contribution in [0.2, 0.25) is 0 Å². The van der Waals surface area contributed by atoms with Crippen LogP contribution < -0.4 is 5.43 Å². The molecule has 0 aliphatic heterocycles. The first kappa shape index (κ1) is 15.6. The highest BCUT2D eigenvalue weighted by Gasteiger charge is 2.19. The Morgan fingerprint density at radius 1 is 1.45 bits per heavy atom. The van der Waals surface area contributed by atoms with Crippen molar-refractivity contribution in [2.24, 2.45) is 10.3 Å². The highest BCUT2D eigenvalue weighted by Crippen LogP contribution is 2.16. The predicted molar refractivity (Wildman–Crippen MR) is 84.7 cm³/mol. The third kappa shape index (κ3) is 4.13. The van der Waals surface area contributed by atoms with Gasteiger partial charge in [0.25, 0.3) is 0 Å². The maximum absolute atomic E-state index is 11.6. The van der Waals surface area contributed by atoms with Crippen molar-refractivity contribution in [2.45, 2.75) is 6.92 Å². The Bertz CT molecular complexity index is 682. The minimum absolute atomic E-state index is 0.189. The first-order chi connectivity index (χ1) is 10.7. The number of benzene rings is 1. The van der Waals surface area contributed by atoms with Gasteiger partial charge in [-0.05, 0) is 12.5 Å². The molecule has 0 saturated carbocycles. The average molecular weight is 318 g/mol. The van der Waals surface area contributed by atoms with E-state index in [0.717, 1.165) is 5.56 Å². The van der Waals surface area contributed by atoms with Gasteiger partial charge in [0.2, 0.25) is 10.8 Å². The molecule has 2 N–H and O–H groups in total. The van der Waals surface area contributed by atoms with Gasteiger partial charge < -0.3 is 9.94 Å². The minimum atomic E-state index is -0.727. The van der Waals surface area contributed by atoms with Gasteiger partial charge in [0.05, 0.1) is 12.8 Å². The van der Waals surface area contributed by atoms with Crippen LogP contribution in [0.4, 0.5) is 5.13 Å². The molecule has 0 radical (unpaired) electrons. The van der Waals surface area contributed by atoms with E-state index in [0.29, 0.717) is 5.13 Å². The first-order valence-corrected chi connectivity index (χ1v) is 7.31. The van der Waals surface area contributed by atoms with Gasteiger partial charge in [0, 0.05) is 5.38 Å². The molecule has 0 aliphatic carbocycles. The molecule has 0 unspecified atom stereocenters. The lowest BCUT2D eigenvalue weighted by Crippen LogP contribution is -2.19. The summed E-state index contributed by atoms with van der Waals surface area (Å²) < 4.78 is 4.78. The lowest BCUT2D eigenvalue weighted by molar-refractivity contribution is -0.135. The van der Waals surface area contributed by atoms with Crippen molar-refractivity contribution >= 4 is 34.4 Å². The zero-order valence-corrected chi connectivity index (χ0v) is 12.6. The number of thiazole rings is 1. The molecule has 1 aromatic heterocycles. The molecule has 1 aromatic carbocycles. The SMILES string of the molecule is CCOC(=O)C(=NO)c1csc(NN=Cc2ccccc2)n1. The fourth-order valence-corrected chi connectivity index (χ4v) is 2.18. The van der Waals surface area contributed by atoms with E-state index < -0.39 is 5.97 Å². The summed E-state index contributed by atoms with van der Waals surface area (Å²) in [4.78, 5) is 15.7. The summed E-state index contributed by atoms with van der Waals surface area (Å²) in [6.45, 7) is 1.85. The molecule has 7 nitrogen and oxygen atoms in total. The van der Waals surface area contributed by atoms with Gasteiger partial charge in [-0.25, -0.2) is 9.78 Å². The van der Waals surface area contributed by atoms with E-state index in [-0.39, 0.29) is 18.0 Å². The molecular weight excluding hydrogens is 304 g/mol. The van der Waals surface area contributed by atoms with Crippen molar-refractivity contribution in [2.75, 3.05) is 12.0 Å². The Balaban J connectivity index is 2.02. The number of esters is 1. The Labute approximate surface area is 131 Å². The molecule has 114 valence electrons. The van der Waals surface area contributed by atoms with Crippen LogP contribution >= 0.6 is 11.3 Å². The van der Waals surface area contributed by atoms with Gasteiger partial charge in [0.1, 0.15) is 5.69 Å². The second-order valence-electron chi connectivity index (χ2n) is 3.99. The van der Waals surface area contributed by atoms with Crippen LogP contribution in [0, 0.1) is 0 Å². The van der Waals surface area contributed by atoms with E-state index in [4.69, 9.17) is 9.94 Å². The van der Waals surface area contributed by atoms with Crippen molar-refractivity contribution in [1.82, 2.24) is 4.98 Å². The molecule has 0 spiro atoms. The third-order valence-corrected chi connectivity index (χ3v) is 3.24. The molecule has 0 aliphatic rings. The average Bonchev–Trinajstić information content (AvgIpc) is 2.98. The Morgan fingerprint density at radius 2 is 2.23 bits per heavy atom. The summed E-state index contributed by atoms with van der Waals surface area (Å²) in [6, 6.07) is 9.56. The normalized spacial score (nSPS) is 11.6. The summed E-state index contributed by atoms with van der Waals surface area (Å²) in [6.07, 6.45) is 1.65. The van der Waals surface area contributed by atoms with Crippen LogP contribution in [0.3, 0.4) is 0 Å². The molecule has 0 fully saturated rings. The van der Waals surface area contributed by atoms with Crippen LogP contribution in [-0.4, -0.2) is 34.7 Å². The zero-order valence-electron chi connectivity index (χ0n) is 11.8. The van der Waals surface area contributed by atoms with Crippen LogP contribution in [0.25, 0.3) is 0 Å². The van der Waals surface area contributed by atoms with Crippen molar-refractivity contribution < 1.29 is 14.7 Å². The number of aromatic nitrogens is 1. The number of nitrogens with one attached hydrogen (secondary N) is 1. The summed E-state index contributed by atoms with van der Waals surface area (Å²) in [5.41, 5.74) is 3.68. The molecule has 0 bridgehead atoms. The maximum Gasteiger partial charge on any atom is 0.362 e. The van der Waals surface area contributed by atoms with Gasteiger partial charge in [-0.1, -0.05) is 35.5 Å². The van der Waals surface area contributed by atoms with Crippen molar-refractivity contribution in [3.05, 3.63) is 47.0 Å². The fourth-order valence-electron chi connectivity index (χ4n) is 1.53. The number of rotatable bonds is 6. The van der Waals surface area contributed by atoms with Crippen LogP contribution in [0.5, 0.6) is 0 Å². The van der Waals surface area contributed by atoms with Gasteiger partial charge >= 0.3 is 5.97 Å². The molecule has 0 amide bonds. The molecule has 1 heterocycles. The second kappa shape index (κ2) is 7.89. The van der Waals surface area contributed by atoms with Gasteiger partial charge in [-0.2, -0.15) is 5.10 Å². The quantitative estimate of drug-likeness (QED) is 0.369. The number of carbonyl (C=O) groups is 1. The largest absolute Gasteiger partial charge is 0.461 e. The molecule has 0 saturated heterocycles. The maximum atomic E-state index is 11.6. The minimum Gasteiger partial charge on any atom is -0.461 e. The predicted octanol–water partition coefficient (Wildman–Crippen LogP) is 2.33. The Kier molecular flexibility index (Phi) is 5.61. The summed E-state index contributed by atoms with van der Waals surface area (Å²) in [5.74, 6) is -0.727. The van der Waals surface area contributed by atoms with Gasteiger partial charge in [-0.3, -0.25) is 5.43 Å². The summed E-state index contributed by atoms with van der Waals surface area (Å²) in [7, 11) is 0. The first-order valence-electron chi connectivity index (χ1n) is 6.43. The van der Waals surface area contributed by atoms with Gasteiger partial charge in [0.15, 0.2) is 0 Å². The molecular formula is C14H14N4O3S. The third-order valence-electron chi connectivity index (χ3n) is 2.49. The second-order valence-corrected chi connectivity index (χ2v) is 4.85. The highest BCUT2D eigenvalue weighted by atomic mass is 32.1. The standard InChI is InChI=1S/C14H14N4O3S/c1-2-21-13(19)12(18-20)11-9-22-14(16-11)17-15-8-10-6-4-3-5-7-10/h3-9,20H,2H2,1H3,(H,16,17). The number of hydrogen-bond acceptors (Lipinski definition) is 8. The van der Waals surface area contributed by atoms with E-state index in [1.807, 2.05) is 30.3 Å². The number of nitrogens with zero attached hydrogens (tertiary/aromatic N) is 3. The number of ether oxygens (including phenoxy) is 1. The van der Waals surface area contributed by atoms with Crippen LogP contribution in [-0.2, 0) is 9.53 Å². The topological polar surface area (TPSA) is 96.2 Å². The molecule has 22 heavy (non-hydrogen) atoms. The number of hydrogen-bond donors (Lipinski definition) is 2. The lowest BCUT2D eigenvalue weighted by atomic mass is 10.2. The number of carbonyl (C=O) groups excluding carboxylic acids is 1. The van der Waals surface area contributed by atoms with E-state index in [2.05, 4.69) is 20.7 Å². The highest BCUT2D eigenvalue weighted by molar-refractivity contribution is 7.14. The number of oxime groups is 1. The van der Waals surface area contributed by atoms with Crippen molar-refractivity contribution in [3.63, 3.8) is 0 Å². The molecule has 8 heteroatoms. The van der Waals surface area contributed by atoms with E-state index >= 15 is 0 Å². The smallest absolute Gasteiger partial charge is 0.362 e. The van der Waals surface area contributed by atoms with Crippen molar-refractivity contribution in [3.8, 4) is 0 Å². The zero-order chi connectivity index (χ0) is 15.8. The van der Waals surface area contributed by atoms with E-state index in [1.165, 1.54) is 11.3 Å². The van der Waals surface area contributed by atoms with Crippen molar-refractivity contribution in [1.29, 1.82) is 0 Å². The molecule has 0 atom stereocenters. The Hall–Kier alpha value is -2.74. The molecule has 2 aromatic rings. The number of anilines is 1. The lowest BCUT2D eigenvalue weighted by Gasteiger charge is -2.00. The van der Waals surface area contributed by atoms with Crippen LogP contribution in [0.1, 0.15) is 18.2 Å². The van der Waals surface area contributed by atoms with Crippen LogP contribution in [0.15, 0.2) is 46.0 Å². The summed E-state index contributed by atoms with van der Waals surface area (Å²) in [5, 5.41) is 17.9. The van der Waals surface area contributed by atoms with Gasteiger partial charge in [-0.15, -0.1) is 11.3 Å². The molecule has 2 rings (SSSR count). The van der Waals surface area contributed by atoms with E-state index in [1.54, 1.807) is 18.5 Å². The van der Waals surface area contributed by atoms with E-state index in [9.17, 15) is 4.79 Å². The monoisotopic (exact) mass is 318 g/mol. The summed E-state index contributed by atoms with van der Waals surface area (Å²) >= 11 is 1.23.